The van der Waals surface area contributed by atoms with Crippen molar-refractivity contribution in [3.05, 3.63) is 0 Å². The number of aliphatic hydroxyl groups excluding tert-OH is 1. The van der Waals surface area contributed by atoms with Crippen molar-refractivity contribution in [3.8, 4) is 0 Å². The minimum absolute atomic E-state index is 0.222. The lowest BCUT2D eigenvalue weighted by atomic mass is 9.89. The van der Waals surface area contributed by atoms with Gasteiger partial charge < -0.3 is 25.4 Å². The molecule has 0 unspecified atom stereocenters. The molecule has 0 radical (unpaired) electrons. The monoisotopic (exact) mass is 301 g/mol. The molecule has 8 nitrogen and oxygen atoms in total. The van der Waals surface area contributed by atoms with Crippen LogP contribution in [0.15, 0.2) is 0 Å². The zero-order valence-corrected chi connectivity index (χ0v) is 12.0. The second kappa shape index (κ2) is 4.59. The molecular formula is C13H19NO7. The van der Waals surface area contributed by atoms with Crippen molar-refractivity contribution in [3.63, 3.8) is 0 Å². The van der Waals surface area contributed by atoms with Crippen molar-refractivity contribution in [2.24, 2.45) is 17.8 Å². The van der Waals surface area contributed by atoms with E-state index in [-0.39, 0.29) is 6.42 Å². The third-order valence-electron chi connectivity index (χ3n) is 4.01. The maximum absolute atomic E-state index is 11.8. The zero-order chi connectivity index (χ0) is 16.2. The fraction of sp³-hybridized carbons (Fsp3) is 0.769. The van der Waals surface area contributed by atoms with Gasteiger partial charge in [0.1, 0.15) is 11.1 Å². The quantitative estimate of drug-likeness (QED) is 0.578. The van der Waals surface area contributed by atoms with Crippen LogP contribution in [-0.4, -0.2) is 50.6 Å². The van der Waals surface area contributed by atoms with Crippen LogP contribution in [0.25, 0.3) is 0 Å². The average molecular weight is 301 g/mol. The van der Waals surface area contributed by atoms with Crippen LogP contribution in [0.3, 0.4) is 0 Å². The third kappa shape index (κ3) is 2.55. The smallest absolute Gasteiger partial charge is 0.408 e. The van der Waals surface area contributed by atoms with Gasteiger partial charge in [-0.2, -0.15) is 0 Å². The van der Waals surface area contributed by atoms with Crippen LogP contribution < -0.4 is 5.32 Å². The summed E-state index contributed by atoms with van der Waals surface area (Å²) in [6.07, 6.45) is -2.23. The number of hydrogen-bond donors (Lipinski definition) is 4. The number of amides is 1. The van der Waals surface area contributed by atoms with Crippen LogP contribution in [0.2, 0.25) is 0 Å². The second-order valence-electron chi connectivity index (χ2n) is 6.64. The molecule has 2 fully saturated rings. The zero-order valence-electron chi connectivity index (χ0n) is 12.0. The molecule has 0 aromatic rings. The fourth-order valence-corrected chi connectivity index (χ4v) is 3.27. The van der Waals surface area contributed by atoms with Crippen molar-refractivity contribution in [1.29, 1.82) is 0 Å². The van der Waals surface area contributed by atoms with E-state index in [0.29, 0.717) is 0 Å². The molecule has 0 aromatic heterocycles. The van der Waals surface area contributed by atoms with Crippen LogP contribution in [-0.2, 0) is 14.3 Å². The molecule has 2 saturated carbocycles. The summed E-state index contributed by atoms with van der Waals surface area (Å²) in [6.45, 7) is 4.89. The van der Waals surface area contributed by atoms with E-state index < -0.39 is 53.0 Å². The number of carboxylic acid groups (broad SMARTS) is 2. The molecule has 8 heteroatoms. The summed E-state index contributed by atoms with van der Waals surface area (Å²) >= 11 is 0. The molecule has 0 heterocycles. The van der Waals surface area contributed by atoms with Gasteiger partial charge in [0.05, 0.1) is 12.0 Å². The molecule has 21 heavy (non-hydrogen) atoms. The van der Waals surface area contributed by atoms with Gasteiger partial charge >= 0.3 is 18.0 Å². The van der Waals surface area contributed by atoms with Crippen molar-refractivity contribution in [2.75, 3.05) is 0 Å². The molecule has 118 valence electrons. The Labute approximate surface area is 121 Å². The highest BCUT2D eigenvalue weighted by molar-refractivity contribution is 5.89. The lowest BCUT2D eigenvalue weighted by Gasteiger charge is -2.30. The molecule has 2 aliphatic carbocycles. The van der Waals surface area contributed by atoms with Crippen LogP contribution >= 0.6 is 0 Å². The Morgan fingerprint density at radius 2 is 1.81 bits per heavy atom. The van der Waals surface area contributed by atoms with Crippen molar-refractivity contribution in [1.82, 2.24) is 5.32 Å². The first-order valence-electron chi connectivity index (χ1n) is 6.65. The van der Waals surface area contributed by atoms with E-state index in [9.17, 15) is 24.6 Å². The highest BCUT2D eigenvalue weighted by atomic mass is 16.6. The fourth-order valence-electron chi connectivity index (χ4n) is 3.27. The van der Waals surface area contributed by atoms with Crippen LogP contribution in [0.5, 0.6) is 0 Å². The van der Waals surface area contributed by atoms with Gasteiger partial charge in [-0.05, 0) is 20.8 Å². The number of fused-ring (bicyclic) bond motifs is 1. The van der Waals surface area contributed by atoms with E-state index in [1.165, 1.54) is 0 Å². The van der Waals surface area contributed by atoms with E-state index in [1.807, 2.05) is 0 Å². The standard InChI is InChI=1S/C13H19NO7/c1-12(2,3)21-11(20)14-13(10(18)19)4-5(15)6-7(8(6)13)9(16)17/h5-8,15H,4H2,1-3H3,(H,14,20)(H,16,17)(H,18,19)/t5-,6-,7-,8-,13-/m0/s1. The summed E-state index contributed by atoms with van der Waals surface area (Å²) in [5, 5.41) is 30.7. The number of rotatable bonds is 3. The summed E-state index contributed by atoms with van der Waals surface area (Å²) in [5.74, 6) is -4.95. The number of nitrogens with one attached hydrogen (secondary N) is 1. The molecule has 0 aliphatic heterocycles. The van der Waals surface area contributed by atoms with Gasteiger partial charge in [-0.1, -0.05) is 0 Å². The summed E-state index contributed by atoms with van der Waals surface area (Å²) in [6, 6.07) is 0. The lowest BCUT2D eigenvalue weighted by molar-refractivity contribution is -0.147. The first-order chi connectivity index (χ1) is 9.49. The number of carbonyl (C=O) groups is 3. The molecule has 0 bridgehead atoms. The Morgan fingerprint density at radius 1 is 1.24 bits per heavy atom. The van der Waals surface area contributed by atoms with Gasteiger partial charge in [-0.25, -0.2) is 9.59 Å². The summed E-state index contributed by atoms with van der Waals surface area (Å²) < 4.78 is 5.03. The van der Waals surface area contributed by atoms with Gasteiger partial charge in [0, 0.05) is 18.3 Å². The molecule has 1 amide bonds. The Balaban J connectivity index is 2.21. The maximum atomic E-state index is 11.8. The first-order valence-corrected chi connectivity index (χ1v) is 6.65. The molecule has 0 aromatic carbocycles. The number of hydrogen-bond acceptors (Lipinski definition) is 5. The number of carboxylic acids is 2. The summed E-state index contributed by atoms with van der Waals surface area (Å²) in [5.41, 5.74) is -2.61. The number of aliphatic hydroxyl groups is 1. The largest absolute Gasteiger partial charge is 0.481 e. The molecule has 2 rings (SSSR count). The Morgan fingerprint density at radius 3 is 2.19 bits per heavy atom. The van der Waals surface area contributed by atoms with Gasteiger partial charge in [0.2, 0.25) is 0 Å². The average Bonchev–Trinajstić information content (AvgIpc) is 2.94. The first kappa shape index (κ1) is 15.6. The normalized spacial score (nSPS) is 37.5. The number of aliphatic carboxylic acids is 2. The van der Waals surface area contributed by atoms with E-state index in [0.717, 1.165) is 0 Å². The molecule has 2 aliphatic rings. The minimum Gasteiger partial charge on any atom is -0.481 e. The molecule has 0 spiro atoms. The highest BCUT2D eigenvalue weighted by Crippen LogP contribution is 2.62. The topological polar surface area (TPSA) is 133 Å². The van der Waals surface area contributed by atoms with Crippen molar-refractivity contribution in [2.45, 2.75) is 44.4 Å². The number of carbonyl (C=O) groups excluding carboxylic acids is 1. The number of alkyl carbamates (subject to hydrolysis) is 1. The van der Waals surface area contributed by atoms with Gasteiger partial charge in [0.25, 0.3) is 0 Å². The minimum atomic E-state index is -1.80. The summed E-state index contributed by atoms with van der Waals surface area (Å²) in [4.78, 5) is 34.5. The van der Waals surface area contributed by atoms with Crippen LogP contribution in [0.1, 0.15) is 27.2 Å². The lowest BCUT2D eigenvalue weighted by Crippen LogP contribution is -2.57. The van der Waals surface area contributed by atoms with E-state index in [1.54, 1.807) is 20.8 Å². The van der Waals surface area contributed by atoms with Crippen molar-refractivity contribution >= 4 is 18.0 Å². The van der Waals surface area contributed by atoms with Gasteiger partial charge in [-0.15, -0.1) is 0 Å². The predicted octanol–water partition coefficient (Wildman–Crippen LogP) is 0.0459. The Kier molecular flexibility index (Phi) is 3.40. The van der Waals surface area contributed by atoms with Gasteiger partial charge in [-0.3, -0.25) is 4.79 Å². The highest BCUT2D eigenvalue weighted by Gasteiger charge is 2.75. The number of ether oxygens (including phenoxy) is 1. The van der Waals surface area contributed by atoms with Crippen LogP contribution in [0.4, 0.5) is 4.79 Å². The Hall–Kier alpha value is -1.83. The van der Waals surface area contributed by atoms with Gasteiger partial charge in [0.15, 0.2) is 0 Å². The summed E-state index contributed by atoms with van der Waals surface area (Å²) in [7, 11) is 0. The van der Waals surface area contributed by atoms with E-state index in [4.69, 9.17) is 9.84 Å². The third-order valence-corrected chi connectivity index (χ3v) is 4.01. The molecule has 4 N–H and O–H groups in total. The maximum Gasteiger partial charge on any atom is 0.408 e. The molecule has 5 atom stereocenters. The predicted molar refractivity (Wildman–Crippen MR) is 68.5 cm³/mol. The molecular weight excluding hydrogens is 282 g/mol. The second-order valence-corrected chi connectivity index (χ2v) is 6.64. The van der Waals surface area contributed by atoms with Crippen LogP contribution in [0, 0.1) is 17.8 Å². The Bertz CT molecular complexity index is 497. The van der Waals surface area contributed by atoms with E-state index in [2.05, 4.69) is 5.32 Å². The SMILES string of the molecule is CC(C)(C)OC(=O)N[C@@]1(C(=O)O)C[C@H](O)[C@H]2[C@H](C(=O)O)[C@H]21. The molecule has 0 saturated heterocycles. The van der Waals surface area contributed by atoms with E-state index >= 15 is 0 Å². The van der Waals surface area contributed by atoms with Crippen molar-refractivity contribution < 1.29 is 34.4 Å².